The lowest BCUT2D eigenvalue weighted by Crippen LogP contribution is -2.27. The van der Waals surface area contributed by atoms with Crippen molar-refractivity contribution in [3.05, 3.63) is 59.7 Å². The Morgan fingerprint density at radius 1 is 0.667 bits per heavy atom. The molecule has 1 aliphatic carbocycles. The third kappa shape index (κ3) is 2.29. The third-order valence-electron chi connectivity index (χ3n) is 4.79. The second-order valence-corrected chi connectivity index (χ2v) is 5.96. The van der Waals surface area contributed by atoms with Gasteiger partial charge in [0.05, 0.1) is 0 Å². The van der Waals surface area contributed by atoms with E-state index in [1.165, 1.54) is 22.3 Å². The lowest BCUT2D eigenvalue weighted by Gasteiger charge is -2.32. The minimum Gasteiger partial charge on any atom is -0.330 e. The Morgan fingerprint density at radius 2 is 1.10 bits per heavy atom. The van der Waals surface area contributed by atoms with E-state index in [4.69, 9.17) is 11.5 Å². The summed E-state index contributed by atoms with van der Waals surface area (Å²) in [6.45, 7) is 1.49. The van der Waals surface area contributed by atoms with Gasteiger partial charge in [-0.2, -0.15) is 0 Å². The van der Waals surface area contributed by atoms with Gasteiger partial charge < -0.3 is 11.5 Å². The Balaban J connectivity index is 2.16. The normalized spacial score (nSPS) is 14.8. The molecule has 0 radical (unpaired) electrons. The Labute approximate surface area is 127 Å². The van der Waals surface area contributed by atoms with Crippen molar-refractivity contribution in [2.75, 3.05) is 13.1 Å². The smallest absolute Gasteiger partial charge is 0.0216 e. The number of hydrogen-bond donors (Lipinski definition) is 2. The Morgan fingerprint density at radius 3 is 1.52 bits per heavy atom. The first-order valence-corrected chi connectivity index (χ1v) is 7.93. The van der Waals surface area contributed by atoms with E-state index in [1.807, 2.05) is 0 Å². The highest BCUT2D eigenvalue weighted by atomic mass is 14.5. The SMILES string of the molecule is NCCCC1(CCCN)c2ccccc2-c2ccccc21. The number of fused-ring (bicyclic) bond motifs is 3. The summed E-state index contributed by atoms with van der Waals surface area (Å²) in [6, 6.07) is 17.7. The molecule has 4 N–H and O–H groups in total. The topological polar surface area (TPSA) is 52.0 Å². The van der Waals surface area contributed by atoms with Gasteiger partial charge in [-0.15, -0.1) is 0 Å². The third-order valence-corrected chi connectivity index (χ3v) is 4.79. The molecule has 2 aromatic carbocycles. The first-order valence-electron chi connectivity index (χ1n) is 7.93. The molecule has 0 aliphatic heterocycles. The van der Waals surface area contributed by atoms with Gasteiger partial charge in [0.15, 0.2) is 0 Å². The largest absolute Gasteiger partial charge is 0.330 e. The maximum absolute atomic E-state index is 5.81. The van der Waals surface area contributed by atoms with Gasteiger partial charge in [0, 0.05) is 5.41 Å². The van der Waals surface area contributed by atoms with E-state index >= 15 is 0 Å². The lowest BCUT2D eigenvalue weighted by molar-refractivity contribution is 0.424. The van der Waals surface area contributed by atoms with Crippen LogP contribution in [-0.2, 0) is 5.41 Å². The highest BCUT2D eigenvalue weighted by Gasteiger charge is 2.41. The second kappa shape index (κ2) is 6.00. The fourth-order valence-corrected chi connectivity index (χ4v) is 3.89. The number of benzene rings is 2. The van der Waals surface area contributed by atoms with Crippen LogP contribution in [0, 0.1) is 0 Å². The number of rotatable bonds is 6. The zero-order valence-corrected chi connectivity index (χ0v) is 12.5. The summed E-state index contributed by atoms with van der Waals surface area (Å²) in [5, 5.41) is 0. The first-order chi connectivity index (χ1) is 10.3. The molecule has 0 atom stereocenters. The molecule has 3 rings (SSSR count). The quantitative estimate of drug-likeness (QED) is 0.851. The zero-order chi connectivity index (χ0) is 14.7. The predicted molar refractivity (Wildman–Crippen MR) is 89.2 cm³/mol. The van der Waals surface area contributed by atoms with Gasteiger partial charge in [0.2, 0.25) is 0 Å². The molecule has 0 heterocycles. The second-order valence-electron chi connectivity index (χ2n) is 5.96. The monoisotopic (exact) mass is 280 g/mol. The van der Waals surface area contributed by atoms with Crippen LogP contribution in [0.15, 0.2) is 48.5 Å². The molecule has 2 aromatic rings. The van der Waals surface area contributed by atoms with Crippen LogP contribution in [0.3, 0.4) is 0 Å². The van der Waals surface area contributed by atoms with Gasteiger partial charge in [0.25, 0.3) is 0 Å². The van der Waals surface area contributed by atoms with Crippen molar-refractivity contribution in [1.29, 1.82) is 0 Å². The van der Waals surface area contributed by atoms with Crippen molar-refractivity contribution in [3.8, 4) is 11.1 Å². The maximum atomic E-state index is 5.81. The van der Waals surface area contributed by atoms with Crippen molar-refractivity contribution in [2.45, 2.75) is 31.1 Å². The van der Waals surface area contributed by atoms with Crippen LogP contribution in [0.25, 0.3) is 11.1 Å². The van der Waals surface area contributed by atoms with E-state index in [2.05, 4.69) is 48.5 Å². The molecule has 0 saturated carbocycles. The highest BCUT2D eigenvalue weighted by Crippen LogP contribution is 2.53. The van der Waals surface area contributed by atoms with Crippen LogP contribution in [-0.4, -0.2) is 13.1 Å². The Hall–Kier alpha value is -1.64. The predicted octanol–water partition coefficient (Wildman–Crippen LogP) is 3.43. The minimum absolute atomic E-state index is 0.103. The molecule has 0 amide bonds. The molecule has 0 unspecified atom stereocenters. The molecule has 0 spiro atoms. The van der Waals surface area contributed by atoms with Crippen molar-refractivity contribution in [2.24, 2.45) is 11.5 Å². The van der Waals surface area contributed by atoms with Crippen molar-refractivity contribution < 1.29 is 0 Å². The summed E-state index contributed by atoms with van der Waals surface area (Å²) in [7, 11) is 0. The summed E-state index contributed by atoms with van der Waals surface area (Å²) in [5.41, 5.74) is 17.4. The molecular formula is C19H24N2. The molecule has 1 aliphatic rings. The van der Waals surface area contributed by atoms with E-state index in [0.29, 0.717) is 0 Å². The van der Waals surface area contributed by atoms with Gasteiger partial charge in [-0.1, -0.05) is 48.5 Å². The van der Waals surface area contributed by atoms with E-state index in [9.17, 15) is 0 Å². The Bertz CT molecular complexity index is 563. The highest BCUT2D eigenvalue weighted by molar-refractivity contribution is 5.80. The number of hydrogen-bond acceptors (Lipinski definition) is 2. The van der Waals surface area contributed by atoms with Gasteiger partial charge in [0.1, 0.15) is 0 Å². The number of nitrogens with two attached hydrogens (primary N) is 2. The fraction of sp³-hybridized carbons (Fsp3) is 0.368. The van der Waals surface area contributed by atoms with Gasteiger partial charge in [-0.3, -0.25) is 0 Å². The lowest BCUT2D eigenvalue weighted by atomic mass is 9.71. The van der Waals surface area contributed by atoms with Gasteiger partial charge in [-0.25, -0.2) is 0 Å². The average Bonchev–Trinajstić information content (AvgIpc) is 2.82. The van der Waals surface area contributed by atoms with Gasteiger partial charge >= 0.3 is 0 Å². The van der Waals surface area contributed by atoms with Gasteiger partial charge in [-0.05, 0) is 61.0 Å². The van der Waals surface area contributed by atoms with E-state index in [0.717, 1.165) is 38.8 Å². The summed E-state index contributed by atoms with van der Waals surface area (Å²) in [6.07, 6.45) is 4.32. The van der Waals surface area contributed by atoms with Crippen LogP contribution >= 0.6 is 0 Å². The maximum Gasteiger partial charge on any atom is 0.0216 e. The summed E-state index contributed by atoms with van der Waals surface area (Å²) in [4.78, 5) is 0. The molecular weight excluding hydrogens is 256 g/mol. The van der Waals surface area contributed by atoms with Crippen molar-refractivity contribution in [1.82, 2.24) is 0 Å². The van der Waals surface area contributed by atoms with Crippen molar-refractivity contribution in [3.63, 3.8) is 0 Å². The molecule has 0 aromatic heterocycles. The Kier molecular flexibility index (Phi) is 4.09. The van der Waals surface area contributed by atoms with Crippen LogP contribution < -0.4 is 11.5 Å². The van der Waals surface area contributed by atoms with Crippen LogP contribution in [0.4, 0.5) is 0 Å². The standard InChI is InChI=1S/C19H24N2/c20-13-5-11-19(12-6-14-21)17-9-3-1-7-15(17)16-8-2-4-10-18(16)19/h1-4,7-10H,5-6,11-14,20-21H2. The molecule has 21 heavy (non-hydrogen) atoms. The minimum atomic E-state index is 0.103. The zero-order valence-electron chi connectivity index (χ0n) is 12.5. The molecule has 110 valence electrons. The molecule has 0 saturated heterocycles. The molecule has 2 nitrogen and oxygen atoms in total. The summed E-state index contributed by atoms with van der Waals surface area (Å²) >= 11 is 0. The van der Waals surface area contributed by atoms with Crippen LogP contribution in [0.2, 0.25) is 0 Å². The average molecular weight is 280 g/mol. The summed E-state index contributed by atoms with van der Waals surface area (Å²) < 4.78 is 0. The summed E-state index contributed by atoms with van der Waals surface area (Å²) in [5.74, 6) is 0. The van der Waals surface area contributed by atoms with Crippen LogP contribution in [0.1, 0.15) is 36.8 Å². The van der Waals surface area contributed by atoms with E-state index in [1.54, 1.807) is 0 Å². The molecule has 2 heteroatoms. The fourth-order valence-electron chi connectivity index (χ4n) is 3.89. The van der Waals surface area contributed by atoms with Crippen LogP contribution in [0.5, 0.6) is 0 Å². The molecule has 0 fully saturated rings. The molecule has 0 bridgehead atoms. The van der Waals surface area contributed by atoms with E-state index in [-0.39, 0.29) is 5.41 Å². The van der Waals surface area contributed by atoms with Crippen molar-refractivity contribution >= 4 is 0 Å². The van der Waals surface area contributed by atoms with E-state index < -0.39 is 0 Å². The first kappa shape index (κ1) is 14.3.